The summed E-state index contributed by atoms with van der Waals surface area (Å²) in [5.41, 5.74) is 1.24. The Balaban J connectivity index is 2.97. The van der Waals surface area contributed by atoms with Gasteiger partial charge in [-0.25, -0.2) is 0 Å². The summed E-state index contributed by atoms with van der Waals surface area (Å²) in [5.74, 6) is -0.799. The van der Waals surface area contributed by atoms with Crippen LogP contribution in [0.4, 0.5) is 0 Å². The molecule has 0 heterocycles. The van der Waals surface area contributed by atoms with E-state index in [1.165, 1.54) is 12.1 Å². The maximum Gasteiger partial charge on any atom is 0.159 e. The van der Waals surface area contributed by atoms with Gasteiger partial charge < -0.3 is 0 Å². The number of benzene rings is 1. The molecule has 0 saturated carbocycles. The average Bonchev–Trinajstić information content (AvgIpc) is 2.03. The fourth-order valence-electron chi connectivity index (χ4n) is 0.705. The predicted octanol–water partition coefficient (Wildman–Crippen LogP) is 2.20. The van der Waals surface area contributed by atoms with E-state index in [1.54, 1.807) is 12.1 Å². The third-order valence-corrected chi connectivity index (χ3v) is 1.31. The van der Waals surface area contributed by atoms with Gasteiger partial charge in [0.25, 0.3) is 0 Å². The van der Waals surface area contributed by atoms with E-state index in [9.17, 15) is 4.79 Å². The van der Waals surface area contributed by atoms with Gasteiger partial charge in [-0.3, -0.25) is 4.79 Å². The molecule has 0 bridgehead atoms. The van der Waals surface area contributed by atoms with E-state index in [1.807, 2.05) is 6.92 Å². The van der Waals surface area contributed by atoms with Crippen LogP contribution in [0.3, 0.4) is 0 Å². The van der Waals surface area contributed by atoms with Gasteiger partial charge in [0.05, 0.1) is 0 Å². The summed E-state index contributed by atoms with van der Waals surface area (Å²) in [6, 6.07) is 6.51. The Bertz CT molecular complexity index is 311. The number of Topliss-reactive ketones (excluding diaryl/α,β-unsaturated/α-hetero) is 1. The van der Waals surface area contributed by atoms with Crippen molar-refractivity contribution in [3.8, 4) is 0 Å². The van der Waals surface area contributed by atoms with Crippen molar-refractivity contribution < 1.29 is 8.91 Å². The molecule has 0 fully saturated rings. The Labute approximate surface area is 64.9 Å². The van der Waals surface area contributed by atoms with Gasteiger partial charge in [0, 0.05) is 9.68 Å². The van der Waals surface area contributed by atoms with Crippen LogP contribution in [0, 0.1) is 6.92 Å². The van der Waals surface area contributed by atoms with Gasteiger partial charge in [-0.15, -0.1) is 0 Å². The molecule has 0 unspecified atom stereocenters. The number of hydrogen-bond acceptors (Lipinski definition) is 1. The smallest absolute Gasteiger partial charge is 0.159 e. The largest absolute Gasteiger partial charge is 0.295 e. The molecule has 0 N–H and O–H groups in total. The summed E-state index contributed by atoms with van der Waals surface area (Å²) < 4.78 is 20.7. The Morgan fingerprint density at radius 2 is 2.00 bits per heavy atom. The minimum Gasteiger partial charge on any atom is -0.295 e. The molecular weight excluding hydrogens is 124 g/mol. The molecule has 1 heteroatoms. The maximum atomic E-state index is 11.2. The third kappa shape index (κ3) is 1.44. The minimum atomic E-state index is -2.53. The summed E-state index contributed by atoms with van der Waals surface area (Å²) in [5, 5.41) is 0. The summed E-state index contributed by atoms with van der Waals surface area (Å²) in [4.78, 5) is 11.2. The molecule has 0 aliphatic rings. The van der Waals surface area contributed by atoms with Crippen molar-refractivity contribution in [2.75, 3.05) is 0 Å². The van der Waals surface area contributed by atoms with Crippen LogP contribution in [0.2, 0.25) is 0 Å². The van der Waals surface area contributed by atoms with Crippen LogP contribution in [0.15, 0.2) is 24.3 Å². The highest BCUT2D eigenvalue weighted by atomic mass is 16.1. The first-order valence-electron chi connectivity index (χ1n) is 4.53. The molecule has 1 aromatic carbocycles. The molecule has 52 valence electrons. The van der Waals surface area contributed by atoms with Gasteiger partial charge in [-0.2, -0.15) is 0 Å². The molecule has 0 aliphatic carbocycles. The molecule has 10 heavy (non-hydrogen) atoms. The van der Waals surface area contributed by atoms with Gasteiger partial charge in [0.15, 0.2) is 5.78 Å². The van der Waals surface area contributed by atoms with E-state index in [0.29, 0.717) is 0 Å². The predicted molar refractivity (Wildman–Crippen MR) is 41.2 cm³/mol. The van der Waals surface area contributed by atoms with Gasteiger partial charge in [0.1, 0.15) is 0 Å². The molecule has 1 aromatic rings. The number of rotatable bonds is 1. The van der Waals surface area contributed by atoms with Crippen molar-refractivity contribution in [2.24, 2.45) is 0 Å². The van der Waals surface area contributed by atoms with Crippen molar-refractivity contribution in [3.05, 3.63) is 35.4 Å². The van der Waals surface area contributed by atoms with Crippen LogP contribution in [-0.2, 0) is 0 Å². The second-order valence-electron chi connectivity index (χ2n) is 2.20. The lowest BCUT2D eigenvalue weighted by Gasteiger charge is -1.93. The minimum absolute atomic E-state index is 0.241. The van der Waals surface area contributed by atoms with Crippen LogP contribution in [0.1, 0.15) is 26.9 Å². The van der Waals surface area contributed by atoms with Gasteiger partial charge in [-0.1, -0.05) is 29.8 Å². The van der Waals surface area contributed by atoms with Crippen molar-refractivity contribution in [3.63, 3.8) is 0 Å². The van der Waals surface area contributed by atoms with E-state index in [0.717, 1.165) is 5.56 Å². The zero-order valence-corrected chi connectivity index (χ0v) is 5.72. The summed E-state index contributed by atoms with van der Waals surface area (Å²) in [7, 11) is 0. The quantitative estimate of drug-likeness (QED) is 0.542. The Hall–Kier alpha value is -1.11. The number of carbonyl (C=O) groups is 1. The first-order valence-corrected chi connectivity index (χ1v) is 3.03. The monoisotopic (exact) mass is 137 g/mol. The highest BCUT2D eigenvalue weighted by molar-refractivity contribution is 5.93. The highest BCUT2D eigenvalue weighted by Gasteiger charge is 1.95. The molecule has 0 amide bonds. The fraction of sp³-hybridized carbons (Fsp3) is 0.222. The molecule has 1 rings (SSSR count). The second kappa shape index (κ2) is 2.65. The summed E-state index contributed by atoms with van der Waals surface area (Å²) in [6.45, 7) is -0.654. The van der Waals surface area contributed by atoms with E-state index < -0.39 is 12.6 Å². The van der Waals surface area contributed by atoms with Gasteiger partial charge >= 0.3 is 0 Å². The van der Waals surface area contributed by atoms with Crippen molar-refractivity contribution in [1.29, 1.82) is 0 Å². The third-order valence-electron chi connectivity index (χ3n) is 1.31. The fourth-order valence-corrected chi connectivity index (χ4v) is 0.705. The van der Waals surface area contributed by atoms with Crippen molar-refractivity contribution in [1.82, 2.24) is 0 Å². The summed E-state index contributed by atoms with van der Waals surface area (Å²) in [6.07, 6.45) is 0. The van der Waals surface area contributed by atoms with Crippen LogP contribution in [-0.4, -0.2) is 5.78 Å². The molecule has 0 spiro atoms. The highest BCUT2D eigenvalue weighted by Crippen LogP contribution is 2.02. The van der Waals surface area contributed by atoms with E-state index >= 15 is 0 Å². The Morgan fingerprint density at radius 3 is 2.50 bits per heavy atom. The maximum absolute atomic E-state index is 11.2. The normalized spacial score (nSPS) is 15.1. The Morgan fingerprint density at radius 1 is 1.40 bits per heavy atom. The van der Waals surface area contributed by atoms with E-state index in [-0.39, 0.29) is 5.56 Å². The number of ketones is 1. The van der Waals surface area contributed by atoms with E-state index in [2.05, 4.69) is 0 Å². The van der Waals surface area contributed by atoms with Crippen LogP contribution >= 0.6 is 0 Å². The van der Waals surface area contributed by atoms with Gasteiger partial charge in [0.2, 0.25) is 0 Å². The first kappa shape index (κ1) is 3.91. The first-order chi connectivity index (χ1) is 5.91. The SMILES string of the molecule is [2H]C([2H])([2H])C(=O)c1ccc(C)cc1. The lowest BCUT2D eigenvalue weighted by atomic mass is 10.1. The van der Waals surface area contributed by atoms with Crippen molar-refractivity contribution in [2.45, 2.75) is 13.8 Å². The molecule has 0 atom stereocenters. The molecule has 0 saturated heterocycles. The number of aryl methyl sites for hydroxylation is 1. The topological polar surface area (TPSA) is 17.1 Å². The van der Waals surface area contributed by atoms with E-state index in [4.69, 9.17) is 4.11 Å². The molecule has 0 radical (unpaired) electrons. The standard InChI is InChI=1S/C9H10O/c1-7-3-5-9(6-4-7)8(2)10/h3-6H,1-2H3/i2D3. The van der Waals surface area contributed by atoms with Crippen LogP contribution < -0.4 is 0 Å². The molecule has 0 aromatic heterocycles. The van der Waals surface area contributed by atoms with Gasteiger partial charge in [-0.05, 0) is 13.8 Å². The lowest BCUT2D eigenvalue weighted by Crippen LogP contribution is -1.90. The Kier molecular flexibility index (Phi) is 1.04. The zero-order chi connectivity index (χ0) is 10.1. The second-order valence-corrected chi connectivity index (χ2v) is 2.20. The molecular formula is C9H10O. The number of hydrogen-bond donors (Lipinski definition) is 0. The summed E-state index contributed by atoms with van der Waals surface area (Å²) >= 11 is 0. The lowest BCUT2D eigenvalue weighted by molar-refractivity contribution is 0.101. The zero-order valence-electron chi connectivity index (χ0n) is 8.72. The number of carbonyl (C=O) groups excluding carboxylic acids is 1. The average molecular weight is 137 g/mol. The molecule has 0 aliphatic heterocycles. The molecule has 1 nitrogen and oxygen atoms in total. The van der Waals surface area contributed by atoms with Crippen LogP contribution in [0.5, 0.6) is 0 Å². The van der Waals surface area contributed by atoms with Crippen molar-refractivity contribution >= 4 is 5.78 Å². The van der Waals surface area contributed by atoms with Crippen LogP contribution in [0.25, 0.3) is 0 Å².